The fourth-order valence-corrected chi connectivity index (χ4v) is 4.67. The summed E-state index contributed by atoms with van der Waals surface area (Å²) < 4.78 is 0. The van der Waals surface area contributed by atoms with E-state index in [1.807, 2.05) is 42.5 Å². The SMILES string of the molecule is CC(C)(C)CC(C)(C)c1ccc(Nc2ccc(/N=N/c3ccccc3)c3ccccc23)cc1. The maximum Gasteiger partial charge on any atom is 0.0936 e. The number of azo groups is 1. The Labute approximate surface area is 197 Å². The molecule has 0 heterocycles. The number of nitrogens with one attached hydrogen (secondary N) is 1. The molecule has 0 aliphatic carbocycles. The molecule has 3 heteroatoms. The summed E-state index contributed by atoms with van der Waals surface area (Å²) in [4.78, 5) is 0. The third kappa shape index (κ3) is 5.67. The van der Waals surface area contributed by atoms with Crippen LogP contribution in [0.15, 0.2) is 101 Å². The molecule has 4 aromatic rings. The van der Waals surface area contributed by atoms with Crippen LogP contribution >= 0.6 is 0 Å². The molecule has 0 bridgehead atoms. The summed E-state index contributed by atoms with van der Waals surface area (Å²) in [5.74, 6) is 0. The van der Waals surface area contributed by atoms with Gasteiger partial charge >= 0.3 is 0 Å². The molecule has 0 atom stereocenters. The van der Waals surface area contributed by atoms with E-state index in [9.17, 15) is 0 Å². The highest BCUT2D eigenvalue weighted by atomic mass is 15.1. The Hall–Kier alpha value is -3.46. The topological polar surface area (TPSA) is 36.8 Å². The summed E-state index contributed by atoms with van der Waals surface area (Å²) in [5.41, 5.74) is 5.63. The van der Waals surface area contributed by atoms with Crippen molar-refractivity contribution in [1.29, 1.82) is 0 Å². The van der Waals surface area contributed by atoms with Crippen LogP contribution in [0.2, 0.25) is 0 Å². The number of hydrogen-bond donors (Lipinski definition) is 1. The van der Waals surface area contributed by atoms with E-state index in [1.165, 1.54) is 5.56 Å². The van der Waals surface area contributed by atoms with Crippen LogP contribution < -0.4 is 5.32 Å². The first-order valence-electron chi connectivity index (χ1n) is 11.6. The fraction of sp³-hybridized carbons (Fsp3) is 0.267. The molecular weight excluding hydrogens is 402 g/mol. The van der Waals surface area contributed by atoms with Gasteiger partial charge in [-0.05, 0) is 59.2 Å². The zero-order chi connectivity index (χ0) is 23.5. The lowest BCUT2D eigenvalue weighted by molar-refractivity contribution is 0.284. The van der Waals surface area contributed by atoms with E-state index in [2.05, 4.69) is 98.7 Å². The number of anilines is 2. The lowest BCUT2D eigenvalue weighted by atomic mass is 9.72. The molecule has 0 fully saturated rings. The molecule has 0 saturated carbocycles. The summed E-state index contributed by atoms with van der Waals surface area (Å²) in [6.07, 6.45) is 1.14. The van der Waals surface area contributed by atoms with Gasteiger partial charge in [0.1, 0.15) is 0 Å². The highest BCUT2D eigenvalue weighted by molar-refractivity contribution is 6.01. The Kier molecular flexibility index (Phi) is 6.33. The molecule has 0 radical (unpaired) electrons. The van der Waals surface area contributed by atoms with E-state index in [-0.39, 0.29) is 5.41 Å². The molecule has 3 nitrogen and oxygen atoms in total. The number of fused-ring (bicyclic) bond motifs is 1. The Balaban J connectivity index is 1.59. The van der Waals surface area contributed by atoms with Gasteiger partial charge in [0.05, 0.1) is 11.4 Å². The van der Waals surface area contributed by atoms with Crippen molar-refractivity contribution in [2.24, 2.45) is 15.6 Å². The molecule has 4 rings (SSSR count). The molecule has 0 unspecified atom stereocenters. The van der Waals surface area contributed by atoms with E-state index in [0.29, 0.717) is 5.41 Å². The molecule has 0 saturated heterocycles. The number of rotatable bonds is 6. The molecule has 0 aromatic heterocycles. The van der Waals surface area contributed by atoms with Crippen LogP contribution in [0.5, 0.6) is 0 Å². The van der Waals surface area contributed by atoms with Crippen molar-refractivity contribution >= 4 is 33.5 Å². The fourth-order valence-electron chi connectivity index (χ4n) is 4.67. The van der Waals surface area contributed by atoms with Gasteiger partial charge in [0.15, 0.2) is 0 Å². The second kappa shape index (κ2) is 9.19. The summed E-state index contributed by atoms with van der Waals surface area (Å²) in [6.45, 7) is 11.6. The van der Waals surface area contributed by atoms with Gasteiger partial charge in [-0.1, -0.05) is 89.2 Å². The summed E-state index contributed by atoms with van der Waals surface area (Å²) >= 11 is 0. The molecule has 1 N–H and O–H groups in total. The van der Waals surface area contributed by atoms with Crippen LogP contribution in [0.3, 0.4) is 0 Å². The Morgan fingerprint density at radius 1 is 0.636 bits per heavy atom. The Morgan fingerprint density at radius 3 is 1.94 bits per heavy atom. The van der Waals surface area contributed by atoms with Crippen molar-refractivity contribution < 1.29 is 0 Å². The third-order valence-electron chi connectivity index (χ3n) is 5.85. The summed E-state index contributed by atoms with van der Waals surface area (Å²) in [6, 6.07) is 31.1. The molecule has 0 aliphatic heterocycles. The van der Waals surface area contributed by atoms with Crippen LogP contribution in [0.25, 0.3) is 10.8 Å². The van der Waals surface area contributed by atoms with E-state index in [0.717, 1.165) is 39.9 Å². The Morgan fingerprint density at radius 2 is 1.27 bits per heavy atom. The highest BCUT2D eigenvalue weighted by Crippen LogP contribution is 2.38. The standard InChI is InChI=1S/C30H33N3/c1-29(2,3)21-30(4,5)22-15-17-23(18-16-22)31-27-19-20-28(26-14-10-9-13-25(26)27)33-32-24-11-7-6-8-12-24/h6-20,31H,21H2,1-5H3/b33-32+. The predicted octanol–water partition coefficient (Wildman–Crippen LogP) is 9.71. The normalized spacial score (nSPS) is 12.4. The predicted molar refractivity (Wildman–Crippen MR) is 141 cm³/mol. The number of nitrogens with zero attached hydrogens (tertiary/aromatic N) is 2. The van der Waals surface area contributed by atoms with Gasteiger partial charge in [-0.2, -0.15) is 5.11 Å². The Bertz CT molecular complexity index is 1250. The largest absolute Gasteiger partial charge is 0.355 e. The smallest absolute Gasteiger partial charge is 0.0936 e. The monoisotopic (exact) mass is 435 g/mol. The average Bonchev–Trinajstić information content (AvgIpc) is 2.78. The zero-order valence-electron chi connectivity index (χ0n) is 20.3. The van der Waals surface area contributed by atoms with Gasteiger partial charge in [-0.3, -0.25) is 0 Å². The van der Waals surface area contributed by atoms with Crippen molar-refractivity contribution in [1.82, 2.24) is 0 Å². The van der Waals surface area contributed by atoms with Gasteiger partial charge in [0, 0.05) is 22.1 Å². The van der Waals surface area contributed by atoms with Gasteiger partial charge < -0.3 is 5.32 Å². The summed E-state index contributed by atoms with van der Waals surface area (Å²) in [7, 11) is 0. The number of hydrogen-bond acceptors (Lipinski definition) is 3. The average molecular weight is 436 g/mol. The van der Waals surface area contributed by atoms with E-state index < -0.39 is 0 Å². The zero-order valence-corrected chi connectivity index (χ0v) is 20.3. The number of benzene rings is 4. The minimum atomic E-state index is 0.134. The van der Waals surface area contributed by atoms with E-state index in [1.54, 1.807) is 0 Å². The van der Waals surface area contributed by atoms with Crippen molar-refractivity contribution in [3.05, 3.63) is 96.6 Å². The lowest BCUT2D eigenvalue weighted by Crippen LogP contribution is -2.24. The van der Waals surface area contributed by atoms with Crippen molar-refractivity contribution in [3.8, 4) is 0 Å². The summed E-state index contributed by atoms with van der Waals surface area (Å²) in [5, 5.41) is 14.7. The molecule has 0 amide bonds. The molecule has 0 spiro atoms. The quantitative estimate of drug-likeness (QED) is 0.301. The lowest BCUT2D eigenvalue weighted by Gasteiger charge is -2.33. The first kappa shape index (κ1) is 22.7. The second-order valence-electron chi connectivity index (χ2n) is 10.5. The molecule has 0 aliphatic rings. The van der Waals surface area contributed by atoms with Gasteiger partial charge in [-0.15, -0.1) is 5.11 Å². The van der Waals surface area contributed by atoms with Crippen molar-refractivity contribution in [3.63, 3.8) is 0 Å². The molecule has 168 valence electrons. The minimum absolute atomic E-state index is 0.134. The van der Waals surface area contributed by atoms with Crippen LogP contribution in [0.4, 0.5) is 22.7 Å². The maximum atomic E-state index is 4.52. The second-order valence-corrected chi connectivity index (χ2v) is 10.5. The van der Waals surface area contributed by atoms with Gasteiger partial charge in [0.2, 0.25) is 0 Å². The molecule has 4 aromatic carbocycles. The molecular formula is C30H33N3. The van der Waals surface area contributed by atoms with Gasteiger partial charge in [0.25, 0.3) is 0 Å². The highest BCUT2D eigenvalue weighted by Gasteiger charge is 2.27. The minimum Gasteiger partial charge on any atom is -0.355 e. The third-order valence-corrected chi connectivity index (χ3v) is 5.85. The first-order valence-corrected chi connectivity index (χ1v) is 11.6. The van der Waals surface area contributed by atoms with Gasteiger partial charge in [-0.25, -0.2) is 0 Å². The first-order chi connectivity index (χ1) is 15.7. The van der Waals surface area contributed by atoms with Crippen LogP contribution in [0.1, 0.15) is 46.6 Å². The van der Waals surface area contributed by atoms with Crippen molar-refractivity contribution in [2.75, 3.05) is 5.32 Å². The van der Waals surface area contributed by atoms with E-state index in [4.69, 9.17) is 0 Å². The van der Waals surface area contributed by atoms with Crippen LogP contribution in [-0.4, -0.2) is 0 Å². The molecule has 33 heavy (non-hydrogen) atoms. The van der Waals surface area contributed by atoms with Crippen molar-refractivity contribution in [2.45, 2.75) is 46.5 Å². The van der Waals surface area contributed by atoms with Crippen LogP contribution in [-0.2, 0) is 5.41 Å². The van der Waals surface area contributed by atoms with Crippen LogP contribution in [0, 0.1) is 5.41 Å². The van der Waals surface area contributed by atoms with E-state index >= 15 is 0 Å². The maximum absolute atomic E-state index is 4.52.